The van der Waals surface area contributed by atoms with E-state index in [1.165, 1.54) is 11.1 Å². The fraction of sp³-hybridized carbons (Fsp3) is 0.125. The molecule has 0 atom stereocenters. The number of halogens is 1. The standard InChI is InChI=1S/C16H14ClN3O/c1-9-6-13-14(7-10(9)2)19-16(18-13)20-15(21)11-4-3-5-12(17)8-11/h3-8H,1-2H3,(H2,18,19,20,21). The Labute approximate surface area is 127 Å². The van der Waals surface area contributed by atoms with Crippen molar-refractivity contribution in [1.82, 2.24) is 9.97 Å². The summed E-state index contributed by atoms with van der Waals surface area (Å²) in [5, 5.41) is 3.28. The molecule has 0 saturated heterocycles. The molecule has 0 fully saturated rings. The molecular weight excluding hydrogens is 286 g/mol. The molecule has 21 heavy (non-hydrogen) atoms. The van der Waals surface area contributed by atoms with Gasteiger partial charge in [-0.15, -0.1) is 0 Å². The molecule has 4 nitrogen and oxygen atoms in total. The molecule has 2 aromatic carbocycles. The summed E-state index contributed by atoms with van der Waals surface area (Å²) >= 11 is 5.89. The number of nitrogens with one attached hydrogen (secondary N) is 2. The Morgan fingerprint density at radius 1 is 1.19 bits per heavy atom. The minimum Gasteiger partial charge on any atom is -0.324 e. The molecule has 5 heteroatoms. The van der Waals surface area contributed by atoms with E-state index >= 15 is 0 Å². The monoisotopic (exact) mass is 299 g/mol. The van der Waals surface area contributed by atoms with Gasteiger partial charge < -0.3 is 4.98 Å². The average Bonchev–Trinajstić information content (AvgIpc) is 2.80. The highest BCUT2D eigenvalue weighted by Gasteiger charge is 2.10. The summed E-state index contributed by atoms with van der Waals surface area (Å²) < 4.78 is 0. The summed E-state index contributed by atoms with van der Waals surface area (Å²) in [6.45, 7) is 4.08. The summed E-state index contributed by atoms with van der Waals surface area (Å²) in [4.78, 5) is 19.6. The lowest BCUT2D eigenvalue weighted by Gasteiger charge is -2.01. The molecule has 106 valence electrons. The van der Waals surface area contributed by atoms with Crippen LogP contribution in [0.2, 0.25) is 5.02 Å². The zero-order valence-electron chi connectivity index (χ0n) is 11.7. The Hall–Kier alpha value is -2.33. The first-order valence-corrected chi connectivity index (χ1v) is 6.94. The fourth-order valence-electron chi connectivity index (χ4n) is 2.14. The number of amides is 1. The maximum absolute atomic E-state index is 12.1. The van der Waals surface area contributed by atoms with Gasteiger partial charge in [-0.05, 0) is 55.3 Å². The van der Waals surface area contributed by atoms with Crippen LogP contribution in [0.1, 0.15) is 21.5 Å². The fourth-order valence-corrected chi connectivity index (χ4v) is 2.33. The smallest absolute Gasteiger partial charge is 0.258 e. The maximum atomic E-state index is 12.1. The summed E-state index contributed by atoms with van der Waals surface area (Å²) in [5.74, 6) is 0.185. The topological polar surface area (TPSA) is 57.8 Å². The van der Waals surface area contributed by atoms with Crippen molar-refractivity contribution >= 4 is 34.5 Å². The van der Waals surface area contributed by atoms with E-state index in [0.717, 1.165) is 11.0 Å². The zero-order chi connectivity index (χ0) is 15.0. The van der Waals surface area contributed by atoms with E-state index in [-0.39, 0.29) is 5.91 Å². The van der Waals surface area contributed by atoms with E-state index in [4.69, 9.17) is 11.6 Å². The number of H-pyrrole nitrogens is 1. The molecule has 0 spiro atoms. The first-order chi connectivity index (χ1) is 10.0. The number of rotatable bonds is 2. The lowest BCUT2D eigenvalue weighted by molar-refractivity contribution is 0.102. The molecule has 2 N–H and O–H groups in total. The second kappa shape index (κ2) is 5.22. The van der Waals surface area contributed by atoms with Gasteiger partial charge in [0, 0.05) is 10.6 Å². The Balaban J connectivity index is 1.89. The van der Waals surface area contributed by atoms with Gasteiger partial charge in [0.25, 0.3) is 5.91 Å². The van der Waals surface area contributed by atoms with E-state index < -0.39 is 0 Å². The molecule has 1 heterocycles. The highest BCUT2D eigenvalue weighted by molar-refractivity contribution is 6.31. The van der Waals surface area contributed by atoms with Crippen molar-refractivity contribution < 1.29 is 4.79 Å². The number of aromatic nitrogens is 2. The van der Waals surface area contributed by atoms with E-state index in [9.17, 15) is 4.79 Å². The molecule has 0 aliphatic carbocycles. The van der Waals surface area contributed by atoms with Crippen LogP contribution >= 0.6 is 11.6 Å². The summed E-state index contributed by atoms with van der Waals surface area (Å²) in [6.07, 6.45) is 0. The molecule has 3 aromatic rings. The van der Waals surface area contributed by atoms with Crippen molar-refractivity contribution in [3.05, 3.63) is 58.1 Å². The van der Waals surface area contributed by atoms with E-state index in [2.05, 4.69) is 15.3 Å². The number of hydrogen-bond donors (Lipinski definition) is 2. The average molecular weight is 300 g/mol. The third-order valence-corrected chi connectivity index (χ3v) is 3.65. The van der Waals surface area contributed by atoms with Gasteiger partial charge in [-0.2, -0.15) is 0 Å². The number of benzene rings is 2. The minimum absolute atomic E-state index is 0.245. The molecule has 0 saturated carbocycles. The Morgan fingerprint density at radius 3 is 2.71 bits per heavy atom. The van der Waals surface area contributed by atoms with Gasteiger partial charge in [-0.25, -0.2) is 4.98 Å². The van der Waals surface area contributed by atoms with Crippen LogP contribution in [0, 0.1) is 13.8 Å². The SMILES string of the molecule is Cc1cc2nc(NC(=O)c3cccc(Cl)c3)[nH]c2cc1C. The first-order valence-electron chi connectivity index (χ1n) is 6.57. The van der Waals surface area contributed by atoms with Gasteiger partial charge in [0.05, 0.1) is 11.0 Å². The van der Waals surface area contributed by atoms with E-state index in [1.807, 2.05) is 26.0 Å². The highest BCUT2D eigenvalue weighted by atomic mass is 35.5. The summed E-state index contributed by atoms with van der Waals surface area (Å²) in [7, 11) is 0. The number of anilines is 1. The molecule has 0 aliphatic rings. The van der Waals surface area contributed by atoms with Crippen molar-refractivity contribution in [3.8, 4) is 0 Å². The van der Waals surface area contributed by atoms with Crippen LogP contribution in [-0.2, 0) is 0 Å². The number of imidazole rings is 1. The normalized spacial score (nSPS) is 10.8. The summed E-state index contributed by atoms with van der Waals surface area (Å²) in [6, 6.07) is 10.8. The van der Waals surface area contributed by atoms with Gasteiger partial charge >= 0.3 is 0 Å². The maximum Gasteiger partial charge on any atom is 0.258 e. The number of nitrogens with zero attached hydrogens (tertiary/aromatic N) is 1. The Kier molecular flexibility index (Phi) is 3.39. The molecule has 0 radical (unpaired) electrons. The third-order valence-electron chi connectivity index (χ3n) is 3.42. The lowest BCUT2D eigenvalue weighted by Crippen LogP contribution is -2.12. The van der Waals surface area contributed by atoms with Crippen molar-refractivity contribution in [2.45, 2.75) is 13.8 Å². The van der Waals surface area contributed by atoms with Gasteiger partial charge in [0.1, 0.15) is 0 Å². The van der Waals surface area contributed by atoms with Gasteiger partial charge in [0.2, 0.25) is 5.95 Å². The molecule has 0 bridgehead atoms. The van der Waals surface area contributed by atoms with E-state index in [1.54, 1.807) is 24.3 Å². The number of carbonyl (C=O) groups excluding carboxylic acids is 1. The highest BCUT2D eigenvalue weighted by Crippen LogP contribution is 2.19. The molecule has 0 aliphatic heterocycles. The molecule has 0 unspecified atom stereocenters. The minimum atomic E-state index is -0.245. The van der Waals surface area contributed by atoms with E-state index in [0.29, 0.717) is 16.5 Å². The largest absolute Gasteiger partial charge is 0.324 e. The van der Waals surface area contributed by atoms with Crippen LogP contribution in [0.15, 0.2) is 36.4 Å². The number of aromatic amines is 1. The Morgan fingerprint density at radius 2 is 1.95 bits per heavy atom. The second-order valence-corrected chi connectivity index (χ2v) is 5.44. The van der Waals surface area contributed by atoms with Crippen molar-refractivity contribution in [1.29, 1.82) is 0 Å². The number of carbonyl (C=O) groups is 1. The van der Waals surface area contributed by atoms with Crippen molar-refractivity contribution in [2.75, 3.05) is 5.32 Å². The molecule has 1 aromatic heterocycles. The van der Waals surface area contributed by atoms with Crippen LogP contribution in [0.3, 0.4) is 0 Å². The first kappa shape index (κ1) is 13.6. The molecule has 3 rings (SSSR count). The number of hydrogen-bond acceptors (Lipinski definition) is 2. The van der Waals surface area contributed by atoms with Crippen LogP contribution in [0.5, 0.6) is 0 Å². The van der Waals surface area contributed by atoms with Gasteiger partial charge in [0.15, 0.2) is 0 Å². The lowest BCUT2D eigenvalue weighted by atomic mass is 10.1. The molecule has 1 amide bonds. The van der Waals surface area contributed by atoms with Crippen molar-refractivity contribution in [2.24, 2.45) is 0 Å². The second-order valence-electron chi connectivity index (χ2n) is 5.00. The quantitative estimate of drug-likeness (QED) is 0.749. The van der Waals surface area contributed by atoms with Crippen LogP contribution in [0.25, 0.3) is 11.0 Å². The van der Waals surface area contributed by atoms with Crippen LogP contribution in [0.4, 0.5) is 5.95 Å². The Bertz CT molecular complexity index is 800. The predicted molar refractivity (Wildman–Crippen MR) is 85.0 cm³/mol. The number of fused-ring (bicyclic) bond motifs is 1. The van der Waals surface area contributed by atoms with Crippen LogP contribution < -0.4 is 5.32 Å². The van der Waals surface area contributed by atoms with Crippen molar-refractivity contribution in [3.63, 3.8) is 0 Å². The third kappa shape index (κ3) is 2.76. The van der Waals surface area contributed by atoms with Crippen LogP contribution in [-0.4, -0.2) is 15.9 Å². The van der Waals surface area contributed by atoms with Gasteiger partial charge in [-0.1, -0.05) is 17.7 Å². The van der Waals surface area contributed by atoms with Gasteiger partial charge in [-0.3, -0.25) is 10.1 Å². The molecular formula is C16H14ClN3O. The zero-order valence-corrected chi connectivity index (χ0v) is 12.5. The predicted octanol–water partition coefficient (Wildman–Crippen LogP) is 4.09. The number of aryl methyl sites for hydroxylation is 2. The summed E-state index contributed by atoms with van der Waals surface area (Å²) in [5.41, 5.74) is 4.58.